The number of anilines is 2. The van der Waals surface area contributed by atoms with Gasteiger partial charge in [-0.1, -0.05) is 18.2 Å². The first kappa shape index (κ1) is 22.2. The third kappa shape index (κ3) is 4.95. The molecule has 0 aliphatic carbocycles. The van der Waals surface area contributed by atoms with E-state index in [2.05, 4.69) is 36.9 Å². The number of sulfonamides is 1. The van der Waals surface area contributed by atoms with Crippen LogP contribution in [0.5, 0.6) is 0 Å². The van der Waals surface area contributed by atoms with Gasteiger partial charge in [-0.05, 0) is 68.1 Å². The monoisotopic (exact) mass is 429 g/mol. The molecule has 1 amide bonds. The van der Waals surface area contributed by atoms with Crippen molar-refractivity contribution in [3.63, 3.8) is 0 Å². The third-order valence-corrected chi connectivity index (χ3v) is 6.86. The first-order chi connectivity index (χ1) is 14.1. The fraction of sp³-hybridized carbons (Fsp3) is 0.435. The van der Waals surface area contributed by atoms with Crippen LogP contribution in [0.25, 0.3) is 0 Å². The molecule has 6 nitrogen and oxygen atoms in total. The van der Waals surface area contributed by atoms with Gasteiger partial charge in [0.15, 0.2) is 0 Å². The van der Waals surface area contributed by atoms with Gasteiger partial charge in [0, 0.05) is 31.9 Å². The highest BCUT2D eigenvalue weighted by Crippen LogP contribution is 2.25. The summed E-state index contributed by atoms with van der Waals surface area (Å²) in [6, 6.07) is 11.9. The van der Waals surface area contributed by atoms with E-state index in [-0.39, 0.29) is 12.5 Å². The van der Waals surface area contributed by atoms with E-state index in [9.17, 15) is 13.2 Å². The molecule has 0 unspecified atom stereocenters. The van der Waals surface area contributed by atoms with Crippen LogP contribution in [-0.2, 0) is 14.8 Å². The van der Waals surface area contributed by atoms with E-state index in [1.807, 2.05) is 19.9 Å². The molecule has 0 aromatic heterocycles. The Morgan fingerprint density at radius 3 is 2.13 bits per heavy atom. The number of amides is 1. The molecule has 1 aliphatic rings. The van der Waals surface area contributed by atoms with E-state index < -0.39 is 10.0 Å². The number of benzene rings is 2. The predicted molar refractivity (Wildman–Crippen MR) is 123 cm³/mol. The largest absolute Gasteiger partial charge is 0.368 e. The van der Waals surface area contributed by atoms with Crippen molar-refractivity contribution in [3.8, 4) is 0 Å². The molecule has 3 rings (SSSR count). The fourth-order valence-electron chi connectivity index (χ4n) is 3.99. The van der Waals surface area contributed by atoms with Gasteiger partial charge in [0.1, 0.15) is 6.54 Å². The second-order valence-electron chi connectivity index (χ2n) is 8.20. The van der Waals surface area contributed by atoms with Gasteiger partial charge < -0.3 is 9.80 Å². The highest BCUT2D eigenvalue weighted by molar-refractivity contribution is 7.92. The summed E-state index contributed by atoms with van der Waals surface area (Å²) in [6.45, 7) is 10.5. The average Bonchev–Trinajstić information content (AvgIpc) is 2.66. The zero-order valence-electron chi connectivity index (χ0n) is 18.5. The lowest BCUT2D eigenvalue weighted by atomic mass is 10.1. The van der Waals surface area contributed by atoms with Gasteiger partial charge in [-0.25, -0.2) is 8.42 Å². The van der Waals surface area contributed by atoms with Gasteiger partial charge in [0.2, 0.25) is 15.9 Å². The minimum atomic E-state index is -3.57. The van der Waals surface area contributed by atoms with Crippen LogP contribution in [0.3, 0.4) is 0 Å². The standard InChI is InChI=1S/C23H31N3O3S/c1-17-13-18(2)15-21(14-17)26(30(5,28)29)16-23(27)25-11-9-24(10-12-25)22-8-6-7-19(3)20(22)4/h6-8,13-15H,9-12,16H2,1-5H3. The number of nitrogens with zero attached hydrogens (tertiary/aromatic N) is 3. The van der Waals surface area contributed by atoms with Crippen LogP contribution in [-0.4, -0.2) is 58.2 Å². The number of rotatable bonds is 5. The molecule has 2 aromatic carbocycles. The van der Waals surface area contributed by atoms with Crippen LogP contribution in [0.2, 0.25) is 0 Å². The molecule has 0 N–H and O–H groups in total. The molecule has 2 aromatic rings. The van der Waals surface area contributed by atoms with Crippen LogP contribution in [0.1, 0.15) is 22.3 Å². The van der Waals surface area contributed by atoms with Gasteiger partial charge in [-0.2, -0.15) is 0 Å². The molecule has 0 radical (unpaired) electrons. The Bertz CT molecular complexity index is 1020. The summed E-state index contributed by atoms with van der Waals surface area (Å²) < 4.78 is 26.1. The van der Waals surface area contributed by atoms with Crippen LogP contribution in [0.4, 0.5) is 11.4 Å². The quantitative estimate of drug-likeness (QED) is 0.733. The molecule has 1 aliphatic heterocycles. The SMILES string of the molecule is Cc1cc(C)cc(N(CC(=O)N2CCN(c3cccc(C)c3C)CC2)S(C)(=O)=O)c1. The molecule has 30 heavy (non-hydrogen) atoms. The molecular formula is C23H31N3O3S. The molecule has 7 heteroatoms. The van der Waals surface area contributed by atoms with E-state index >= 15 is 0 Å². The predicted octanol–water partition coefficient (Wildman–Crippen LogP) is 3.04. The van der Waals surface area contributed by atoms with Crippen molar-refractivity contribution in [1.82, 2.24) is 4.90 Å². The number of carbonyl (C=O) groups is 1. The highest BCUT2D eigenvalue weighted by atomic mass is 32.2. The smallest absolute Gasteiger partial charge is 0.243 e. The molecule has 1 fully saturated rings. The van der Waals surface area contributed by atoms with E-state index in [4.69, 9.17) is 0 Å². The Labute approximate surface area is 180 Å². The van der Waals surface area contributed by atoms with Crippen molar-refractivity contribution in [1.29, 1.82) is 0 Å². The van der Waals surface area contributed by atoms with E-state index in [0.29, 0.717) is 18.8 Å². The highest BCUT2D eigenvalue weighted by Gasteiger charge is 2.27. The molecule has 0 saturated carbocycles. The number of hydrogen-bond acceptors (Lipinski definition) is 4. The number of piperazine rings is 1. The van der Waals surface area contributed by atoms with Crippen LogP contribution < -0.4 is 9.21 Å². The summed E-state index contributed by atoms with van der Waals surface area (Å²) in [5.41, 5.74) is 6.19. The minimum absolute atomic E-state index is 0.166. The lowest BCUT2D eigenvalue weighted by Crippen LogP contribution is -2.52. The second kappa shape index (κ2) is 8.68. The third-order valence-electron chi connectivity index (χ3n) is 5.72. The Hall–Kier alpha value is -2.54. The van der Waals surface area contributed by atoms with Crippen LogP contribution in [0.15, 0.2) is 36.4 Å². The van der Waals surface area contributed by atoms with Gasteiger partial charge in [0.05, 0.1) is 11.9 Å². The van der Waals surface area contributed by atoms with E-state index in [0.717, 1.165) is 30.5 Å². The topological polar surface area (TPSA) is 60.9 Å². The lowest BCUT2D eigenvalue weighted by Gasteiger charge is -2.37. The molecule has 0 spiro atoms. The Morgan fingerprint density at radius 2 is 1.57 bits per heavy atom. The summed E-state index contributed by atoms with van der Waals surface area (Å²) in [6.07, 6.45) is 1.15. The number of hydrogen-bond donors (Lipinski definition) is 0. The molecule has 1 saturated heterocycles. The summed E-state index contributed by atoms with van der Waals surface area (Å²) in [7, 11) is -3.57. The Balaban J connectivity index is 1.71. The van der Waals surface area contributed by atoms with Crippen molar-refractivity contribution < 1.29 is 13.2 Å². The normalized spacial score (nSPS) is 14.7. The van der Waals surface area contributed by atoms with Gasteiger partial charge in [0.25, 0.3) is 0 Å². The molecular weight excluding hydrogens is 398 g/mol. The Morgan fingerprint density at radius 1 is 0.967 bits per heavy atom. The van der Waals surface area contributed by atoms with Gasteiger partial charge >= 0.3 is 0 Å². The summed E-state index contributed by atoms with van der Waals surface area (Å²) >= 11 is 0. The first-order valence-corrected chi connectivity index (χ1v) is 12.1. The number of aryl methyl sites for hydroxylation is 3. The van der Waals surface area contributed by atoms with E-state index in [1.165, 1.54) is 21.1 Å². The van der Waals surface area contributed by atoms with E-state index in [1.54, 1.807) is 17.0 Å². The molecule has 0 atom stereocenters. The van der Waals surface area contributed by atoms with Crippen molar-refractivity contribution in [2.75, 3.05) is 48.2 Å². The first-order valence-electron chi connectivity index (χ1n) is 10.2. The van der Waals surface area contributed by atoms with Crippen LogP contribution in [0, 0.1) is 27.7 Å². The minimum Gasteiger partial charge on any atom is -0.368 e. The van der Waals surface area contributed by atoms with Gasteiger partial charge in [-0.3, -0.25) is 9.10 Å². The second-order valence-corrected chi connectivity index (χ2v) is 10.1. The van der Waals surface area contributed by atoms with Crippen molar-refractivity contribution in [2.45, 2.75) is 27.7 Å². The summed E-state index contributed by atoms with van der Waals surface area (Å²) in [5.74, 6) is -0.166. The summed E-state index contributed by atoms with van der Waals surface area (Å²) in [4.78, 5) is 17.0. The lowest BCUT2D eigenvalue weighted by molar-refractivity contribution is -0.129. The Kier molecular flexibility index (Phi) is 6.41. The molecule has 1 heterocycles. The summed E-state index contributed by atoms with van der Waals surface area (Å²) in [5, 5.41) is 0. The van der Waals surface area contributed by atoms with Crippen molar-refractivity contribution in [3.05, 3.63) is 58.7 Å². The van der Waals surface area contributed by atoms with Crippen molar-refractivity contribution >= 4 is 27.3 Å². The average molecular weight is 430 g/mol. The maximum Gasteiger partial charge on any atom is 0.243 e. The zero-order valence-corrected chi connectivity index (χ0v) is 19.3. The fourth-order valence-corrected chi connectivity index (χ4v) is 4.83. The molecule has 162 valence electrons. The molecule has 0 bridgehead atoms. The van der Waals surface area contributed by atoms with Crippen molar-refractivity contribution in [2.24, 2.45) is 0 Å². The van der Waals surface area contributed by atoms with Gasteiger partial charge in [-0.15, -0.1) is 0 Å². The maximum atomic E-state index is 13.0. The van der Waals surface area contributed by atoms with Crippen LogP contribution >= 0.6 is 0 Å². The zero-order chi connectivity index (χ0) is 22.1. The number of carbonyl (C=O) groups excluding carboxylic acids is 1. The maximum absolute atomic E-state index is 13.0.